The molecule has 0 aromatic carbocycles. The minimum Gasteiger partial charge on any atom is -0.370 e. The molecule has 0 radical (unpaired) electrons. The highest BCUT2D eigenvalue weighted by atomic mass is 35.5. The molecule has 2 aliphatic heterocycles. The van der Waals surface area contributed by atoms with Crippen molar-refractivity contribution in [2.75, 3.05) is 13.1 Å². The van der Waals surface area contributed by atoms with E-state index in [1.807, 2.05) is 16.6 Å². The number of piperidine rings is 1. The maximum atomic E-state index is 12.7. The molecule has 0 aliphatic carbocycles. The molecule has 0 saturated carbocycles. The first-order valence-electron chi connectivity index (χ1n) is 7.25. The Balaban J connectivity index is 1.59. The van der Waals surface area contributed by atoms with Crippen molar-refractivity contribution >= 4 is 17.5 Å². The number of likely N-dealkylation sites (tertiary alicyclic amines) is 1. The van der Waals surface area contributed by atoms with Gasteiger partial charge in [0.1, 0.15) is 5.69 Å². The summed E-state index contributed by atoms with van der Waals surface area (Å²) in [6.07, 6.45) is 4.35. The molecule has 0 N–H and O–H groups in total. The van der Waals surface area contributed by atoms with E-state index in [-0.39, 0.29) is 18.1 Å². The fraction of sp³-hybridized carbons (Fsp3) is 0.500. The van der Waals surface area contributed by atoms with Crippen molar-refractivity contribution in [2.24, 2.45) is 7.05 Å². The van der Waals surface area contributed by atoms with Gasteiger partial charge in [0.15, 0.2) is 0 Å². The summed E-state index contributed by atoms with van der Waals surface area (Å²) in [5, 5.41) is 8.67. The van der Waals surface area contributed by atoms with E-state index in [9.17, 15) is 4.79 Å². The van der Waals surface area contributed by atoms with Crippen molar-refractivity contribution in [3.05, 3.63) is 34.9 Å². The lowest BCUT2D eigenvalue weighted by atomic mass is 10.00. The van der Waals surface area contributed by atoms with E-state index >= 15 is 0 Å². The predicted octanol–water partition coefficient (Wildman–Crippen LogP) is 1.26. The molecule has 2 aromatic heterocycles. The molecular formula is C14H16ClN5O2. The van der Waals surface area contributed by atoms with E-state index < -0.39 is 0 Å². The van der Waals surface area contributed by atoms with Crippen LogP contribution in [0.25, 0.3) is 0 Å². The smallest absolute Gasteiger partial charge is 0.270 e. The van der Waals surface area contributed by atoms with Crippen LogP contribution < -0.4 is 0 Å². The van der Waals surface area contributed by atoms with Crippen LogP contribution >= 0.6 is 11.6 Å². The van der Waals surface area contributed by atoms with Crippen LogP contribution in [0.15, 0.2) is 18.5 Å². The predicted molar refractivity (Wildman–Crippen MR) is 78.6 cm³/mol. The maximum Gasteiger partial charge on any atom is 0.270 e. The molecule has 116 valence electrons. The third-order valence-electron chi connectivity index (χ3n) is 4.41. The van der Waals surface area contributed by atoms with E-state index in [1.165, 1.54) is 0 Å². The number of aromatic nitrogens is 4. The van der Waals surface area contributed by atoms with Gasteiger partial charge in [-0.2, -0.15) is 0 Å². The number of rotatable bonds is 1. The number of hydrogen-bond acceptors (Lipinski definition) is 4. The first-order chi connectivity index (χ1) is 10.6. The monoisotopic (exact) mass is 321 g/mol. The summed E-state index contributed by atoms with van der Waals surface area (Å²) in [7, 11) is 1.82. The normalized spacial score (nSPS) is 24.0. The Morgan fingerprint density at radius 1 is 1.50 bits per heavy atom. The van der Waals surface area contributed by atoms with Crippen LogP contribution in [0.3, 0.4) is 0 Å². The first kappa shape index (κ1) is 13.8. The fourth-order valence-electron chi connectivity index (χ4n) is 3.26. The summed E-state index contributed by atoms with van der Waals surface area (Å²) < 4.78 is 9.52. The Labute approximate surface area is 132 Å². The molecule has 2 aromatic rings. The number of halogens is 1. The van der Waals surface area contributed by atoms with Crippen molar-refractivity contribution in [1.29, 1.82) is 0 Å². The van der Waals surface area contributed by atoms with Crippen LogP contribution in [0.1, 0.15) is 28.6 Å². The van der Waals surface area contributed by atoms with Gasteiger partial charge in [0.05, 0.1) is 35.7 Å². The van der Waals surface area contributed by atoms with Crippen molar-refractivity contribution in [1.82, 2.24) is 24.5 Å². The topological polar surface area (TPSA) is 65.2 Å². The highest BCUT2D eigenvalue weighted by molar-refractivity contribution is 6.31. The Morgan fingerprint density at radius 2 is 2.36 bits per heavy atom. The van der Waals surface area contributed by atoms with E-state index in [1.54, 1.807) is 23.0 Å². The highest BCUT2D eigenvalue weighted by Gasteiger charge is 2.38. The van der Waals surface area contributed by atoms with Gasteiger partial charge in [-0.3, -0.25) is 4.79 Å². The van der Waals surface area contributed by atoms with Gasteiger partial charge in [0, 0.05) is 26.3 Å². The molecule has 1 fully saturated rings. The van der Waals surface area contributed by atoms with Gasteiger partial charge in [-0.25, -0.2) is 4.68 Å². The first-order valence-corrected chi connectivity index (χ1v) is 7.63. The molecule has 7 nitrogen and oxygen atoms in total. The second-order valence-electron chi connectivity index (χ2n) is 5.78. The van der Waals surface area contributed by atoms with Crippen LogP contribution in [-0.4, -0.2) is 49.6 Å². The van der Waals surface area contributed by atoms with E-state index in [2.05, 4.69) is 10.3 Å². The van der Waals surface area contributed by atoms with Gasteiger partial charge in [-0.05, 0) is 12.5 Å². The van der Waals surface area contributed by atoms with Gasteiger partial charge in [-0.15, -0.1) is 5.10 Å². The third kappa shape index (κ3) is 2.12. The van der Waals surface area contributed by atoms with Gasteiger partial charge < -0.3 is 14.2 Å². The molecule has 4 rings (SSSR count). The van der Waals surface area contributed by atoms with E-state index in [0.717, 1.165) is 12.1 Å². The van der Waals surface area contributed by atoms with Crippen molar-refractivity contribution < 1.29 is 9.53 Å². The quantitative estimate of drug-likeness (QED) is 0.793. The number of amides is 1. The summed E-state index contributed by atoms with van der Waals surface area (Å²) in [6.45, 7) is 1.78. The van der Waals surface area contributed by atoms with Gasteiger partial charge in [0.2, 0.25) is 0 Å². The average Bonchev–Trinajstić information content (AvgIpc) is 3.12. The molecule has 4 heterocycles. The Morgan fingerprint density at radius 3 is 3.14 bits per heavy atom. The van der Waals surface area contributed by atoms with Gasteiger partial charge in [-0.1, -0.05) is 16.8 Å². The summed E-state index contributed by atoms with van der Waals surface area (Å²) in [5.41, 5.74) is 1.55. The minimum atomic E-state index is -0.0138. The number of hydrogen-bond donors (Lipinski definition) is 0. The van der Waals surface area contributed by atoms with Crippen LogP contribution in [-0.2, 0) is 18.4 Å². The molecule has 2 unspecified atom stereocenters. The lowest BCUT2D eigenvalue weighted by Gasteiger charge is -2.40. The summed E-state index contributed by atoms with van der Waals surface area (Å²) >= 11 is 5.98. The minimum absolute atomic E-state index is 0.0138. The van der Waals surface area contributed by atoms with Gasteiger partial charge >= 0.3 is 0 Å². The Hall–Kier alpha value is -1.86. The van der Waals surface area contributed by atoms with Crippen LogP contribution in [0, 0.1) is 0 Å². The van der Waals surface area contributed by atoms with Crippen molar-refractivity contribution in [3.8, 4) is 0 Å². The zero-order valence-corrected chi connectivity index (χ0v) is 12.9. The molecule has 8 heteroatoms. The lowest BCUT2D eigenvalue weighted by molar-refractivity contribution is -0.0606. The lowest BCUT2D eigenvalue weighted by Crippen LogP contribution is -2.50. The summed E-state index contributed by atoms with van der Waals surface area (Å²) in [6, 6.07) is 1.73. The maximum absolute atomic E-state index is 12.7. The second-order valence-corrected chi connectivity index (χ2v) is 6.22. The molecule has 1 amide bonds. The number of fused-ring (bicyclic) bond motifs is 3. The SMILES string of the molecule is Cn1cc(Cl)cc1C(=O)N1CCC2OCc3cnnn3C2C1. The number of nitrogens with zero attached hydrogens (tertiary/aromatic N) is 5. The zero-order chi connectivity index (χ0) is 15.3. The standard InChI is InChI=1S/C14H16ClN5O2/c1-18-6-9(15)4-11(18)14(21)19-3-2-13-12(7-19)20-10(8-22-13)5-16-17-20/h4-6,12-13H,2-3,7-8H2,1H3. The summed E-state index contributed by atoms with van der Waals surface area (Å²) in [4.78, 5) is 14.6. The Bertz CT molecular complexity index is 725. The third-order valence-corrected chi connectivity index (χ3v) is 4.61. The Kier molecular flexibility index (Phi) is 3.19. The molecule has 2 atom stereocenters. The molecule has 22 heavy (non-hydrogen) atoms. The second kappa shape index (κ2) is 5.10. The van der Waals surface area contributed by atoms with E-state index in [4.69, 9.17) is 16.3 Å². The molecule has 1 saturated heterocycles. The molecule has 0 bridgehead atoms. The fourth-order valence-corrected chi connectivity index (χ4v) is 3.51. The zero-order valence-electron chi connectivity index (χ0n) is 12.1. The highest BCUT2D eigenvalue weighted by Crippen LogP contribution is 2.30. The molecule has 0 spiro atoms. The van der Waals surface area contributed by atoms with Crippen LogP contribution in [0.2, 0.25) is 5.02 Å². The summed E-state index contributed by atoms with van der Waals surface area (Å²) in [5.74, 6) is -0.0138. The van der Waals surface area contributed by atoms with Crippen molar-refractivity contribution in [2.45, 2.75) is 25.2 Å². The number of ether oxygens (including phenoxy) is 1. The van der Waals surface area contributed by atoms with Gasteiger partial charge in [0.25, 0.3) is 5.91 Å². The molecular weight excluding hydrogens is 306 g/mol. The largest absolute Gasteiger partial charge is 0.370 e. The van der Waals surface area contributed by atoms with Crippen molar-refractivity contribution in [3.63, 3.8) is 0 Å². The number of aryl methyl sites for hydroxylation is 1. The number of carbonyl (C=O) groups excluding carboxylic acids is 1. The average molecular weight is 322 g/mol. The van der Waals surface area contributed by atoms with E-state index in [0.29, 0.717) is 30.4 Å². The number of carbonyl (C=O) groups is 1. The molecule has 2 aliphatic rings. The van der Waals surface area contributed by atoms with Crippen LogP contribution in [0.4, 0.5) is 0 Å². The van der Waals surface area contributed by atoms with Crippen LogP contribution in [0.5, 0.6) is 0 Å².